The molecule has 190 valence electrons. The van der Waals surface area contributed by atoms with Gasteiger partial charge in [-0.1, -0.05) is 94.1 Å². The van der Waals surface area contributed by atoms with Crippen LogP contribution in [0.1, 0.15) is 81.4 Å². The molecule has 0 bridgehead atoms. The van der Waals surface area contributed by atoms with Crippen molar-refractivity contribution in [3.63, 3.8) is 0 Å². The van der Waals surface area contributed by atoms with Crippen molar-refractivity contribution in [2.75, 3.05) is 6.61 Å². The highest BCUT2D eigenvalue weighted by Gasteiger charge is 2.24. The van der Waals surface area contributed by atoms with E-state index in [0.29, 0.717) is 18.1 Å². The molecule has 0 radical (unpaired) electrons. The standard InChI is InChI=1S/C32H35F3O/c1-3-4-5-20-36-30-19-17-27(21-29(30)33)24-13-8-23(9-14-24)10-15-26-16-18-28(32(35)31(26)34)25-11-6-22(2)7-12-25/h8-10,13-19,21-22,25H,3-7,11-12,20H2,1-2H3/b15-10+. The lowest BCUT2D eigenvalue weighted by Gasteiger charge is -2.27. The molecule has 0 saturated heterocycles. The summed E-state index contributed by atoms with van der Waals surface area (Å²) < 4.78 is 49.6. The van der Waals surface area contributed by atoms with Crippen LogP contribution in [-0.4, -0.2) is 6.61 Å². The van der Waals surface area contributed by atoms with Crippen LogP contribution in [-0.2, 0) is 0 Å². The fourth-order valence-electron chi connectivity index (χ4n) is 4.90. The van der Waals surface area contributed by atoms with Gasteiger partial charge in [0, 0.05) is 5.56 Å². The van der Waals surface area contributed by atoms with E-state index in [1.807, 2.05) is 30.3 Å². The zero-order chi connectivity index (χ0) is 25.5. The lowest BCUT2D eigenvalue weighted by Crippen LogP contribution is -2.13. The summed E-state index contributed by atoms with van der Waals surface area (Å²) in [6.45, 7) is 4.84. The lowest BCUT2D eigenvalue weighted by atomic mass is 9.79. The summed E-state index contributed by atoms with van der Waals surface area (Å²) >= 11 is 0. The Hall–Kier alpha value is -3.01. The third kappa shape index (κ3) is 6.40. The first-order valence-electron chi connectivity index (χ1n) is 13.1. The van der Waals surface area contributed by atoms with E-state index in [4.69, 9.17) is 4.74 Å². The van der Waals surface area contributed by atoms with E-state index in [9.17, 15) is 13.2 Å². The maximum atomic E-state index is 14.8. The Bertz CT molecular complexity index is 1170. The normalized spacial score (nSPS) is 18.0. The van der Waals surface area contributed by atoms with Crippen LogP contribution in [0.5, 0.6) is 5.75 Å². The molecule has 3 aromatic carbocycles. The average Bonchev–Trinajstić information content (AvgIpc) is 2.89. The average molecular weight is 493 g/mol. The largest absolute Gasteiger partial charge is 0.491 e. The van der Waals surface area contributed by atoms with Gasteiger partial charge >= 0.3 is 0 Å². The van der Waals surface area contributed by atoms with Crippen LogP contribution in [0.2, 0.25) is 0 Å². The quantitative estimate of drug-likeness (QED) is 0.213. The van der Waals surface area contributed by atoms with Gasteiger partial charge in [-0.15, -0.1) is 0 Å². The van der Waals surface area contributed by atoms with Crippen LogP contribution in [0.15, 0.2) is 54.6 Å². The number of rotatable bonds is 9. The van der Waals surface area contributed by atoms with Gasteiger partial charge in [0.1, 0.15) is 0 Å². The highest BCUT2D eigenvalue weighted by Crippen LogP contribution is 2.37. The Balaban J connectivity index is 1.42. The third-order valence-corrected chi connectivity index (χ3v) is 7.23. The molecule has 1 aliphatic carbocycles. The summed E-state index contributed by atoms with van der Waals surface area (Å²) in [5.74, 6) is -0.842. The van der Waals surface area contributed by atoms with Crippen molar-refractivity contribution in [2.24, 2.45) is 5.92 Å². The maximum Gasteiger partial charge on any atom is 0.166 e. The van der Waals surface area contributed by atoms with Gasteiger partial charge < -0.3 is 4.74 Å². The fraction of sp³-hybridized carbons (Fsp3) is 0.375. The molecule has 0 N–H and O–H groups in total. The van der Waals surface area contributed by atoms with Gasteiger partial charge in [0.25, 0.3) is 0 Å². The van der Waals surface area contributed by atoms with Gasteiger partial charge in [-0.3, -0.25) is 0 Å². The van der Waals surface area contributed by atoms with Crippen molar-refractivity contribution < 1.29 is 17.9 Å². The molecule has 4 rings (SSSR count). The summed E-state index contributed by atoms with van der Waals surface area (Å²) in [6, 6.07) is 15.9. The molecule has 1 fully saturated rings. The molecule has 0 unspecified atom stereocenters. The molecule has 3 aromatic rings. The number of unbranched alkanes of at least 4 members (excludes halogenated alkanes) is 2. The van der Waals surface area contributed by atoms with Crippen LogP contribution in [0.3, 0.4) is 0 Å². The maximum absolute atomic E-state index is 14.8. The molecule has 1 nitrogen and oxygen atoms in total. The van der Waals surface area contributed by atoms with Gasteiger partial charge in [-0.25, -0.2) is 13.2 Å². The number of hydrogen-bond acceptors (Lipinski definition) is 1. The minimum Gasteiger partial charge on any atom is -0.491 e. The minimum absolute atomic E-state index is 0.104. The Morgan fingerprint density at radius 2 is 1.53 bits per heavy atom. The molecule has 1 saturated carbocycles. The van der Waals surface area contributed by atoms with Crippen LogP contribution < -0.4 is 4.74 Å². The second-order valence-electron chi connectivity index (χ2n) is 9.98. The Kier molecular flexibility index (Phi) is 8.90. The van der Waals surface area contributed by atoms with Crippen molar-refractivity contribution in [3.8, 4) is 16.9 Å². The second-order valence-corrected chi connectivity index (χ2v) is 9.98. The van der Waals surface area contributed by atoms with Gasteiger partial charge in [-0.05, 0) is 65.5 Å². The molecule has 4 heteroatoms. The van der Waals surface area contributed by atoms with Gasteiger partial charge in [0.15, 0.2) is 23.2 Å². The van der Waals surface area contributed by atoms with E-state index in [-0.39, 0.29) is 23.0 Å². The van der Waals surface area contributed by atoms with Crippen LogP contribution in [0.25, 0.3) is 23.3 Å². The van der Waals surface area contributed by atoms with Crippen molar-refractivity contribution in [2.45, 2.75) is 64.7 Å². The monoisotopic (exact) mass is 492 g/mol. The zero-order valence-corrected chi connectivity index (χ0v) is 21.2. The molecule has 0 aromatic heterocycles. The second kappa shape index (κ2) is 12.3. The summed E-state index contributed by atoms with van der Waals surface area (Å²) in [4.78, 5) is 0. The van der Waals surface area contributed by atoms with Crippen LogP contribution >= 0.6 is 0 Å². The molecule has 0 heterocycles. The topological polar surface area (TPSA) is 9.23 Å². The highest BCUT2D eigenvalue weighted by atomic mass is 19.2. The highest BCUT2D eigenvalue weighted by molar-refractivity contribution is 5.72. The minimum atomic E-state index is -0.786. The fourth-order valence-corrected chi connectivity index (χ4v) is 4.90. The summed E-state index contributed by atoms with van der Waals surface area (Å²) in [5.41, 5.74) is 3.21. The van der Waals surface area contributed by atoms with Crippen molar-refractivity contribution in [1.82, 2.24) is 0 Å². The first-order valence-corrected chi connectivity index (χ1v) is 13.1. The Morgan fingerprint density at radius 3 is 2.22 bits per heavy atom. The number of hydrogen-bond donors (Lipinski definition) is 0. The first-order chi connectivity index (χ1) is 17.5. The summed E-state index contributed by atoms with van der Waals surface area (Å²) in [6.07, 6.45) is 10.4. The van der Waals surface area contributed by atoms with E-state index in [2.05, 4.69) is 13.8 Å². The number of ether oxygens (including phenoxy) is 1. The molecular formula is C32H35F3O. The van der Waals surface area contributed by atoms with Crippen molar-refractivity contribution in [3.05, 3.63) is 88.7 Å². The van der Waals surface area contributed by atoms with Gasteiger partial charge in [0.05, 0.1) is 6.61 Å². The van der Waals surface area contributed by atoms with Gasteiger partial charge in [-0.2, -0.15) is 0 Å². The number of halogens is 3. The third-order valence-electron chi connectivity index (χ3n) is 7.23. The lowest BCUT2D eigenvalue weighted by molar-refractivity contribution is 0.291. The predicted molar refractivity (Wildman–Crippen MR) is 143 cm³/mol. The molecule has 0 atom stereocenters. The Labute approximate surface area is 213 Å². The predicted octanol–water partition coefficient (Wildman–Crippen LogP) is 9.80. The van der Waals surface area contributed by atoms with Crippen molar-refractivity contribution >= 4 is 12.2 Å². The first kappa shape index (κ1) is 26.1. The summed E-state index contributed by atoms with van der Waals surface area (Å²) in [7, 11) is 0. The van der Waals surface area contributed by atoms with E-state index in [0.717, 1.165) is 61.6 Å². The molecular weight excluding hydrogens is 457 g/mol. The number of benzene rings is 3. The molecule has 0 aliphatic heterocycles. The molecule has 0 amide bonds. The van der Waals surface area contributed by atoms with Gasteiger partial charge in [0.2, 0.25) is 0 Å². The van der Waals surface area contributed by atoms with E-state index in [1.165, 1.54) is 6.07 Å². The smallest absolute Gasteiger partial charge is 0.166 e. The Morgan fingerprint density at radius 1 is 0.806 bits per heavy atom. The molecule has 36 heavy (non-hydrogen) atoms. The summed E-state index contributed by atoms with van der Waals surface area (Å²) in [5, 5.41) is 0. The zero-order valence-electron chi connectivity index (χ0n) is 21.2. The van der Waals surface area contributed by atoms with Crippen LogP contribution in [0, 0.1) is 23.4 Å². The van der Waals surface area contributed by atoms with E-state index < -0.39 is 11.6 Å². The van der Waals surface area contributed by atoms with E-state index in [1.54, 1.807) is 30.4 Å². The molecule has 0 spiro atoms. The van der Waals surface area contributed by atoms with Crippen molar-refractivity contribution in [1.29, 1.82) is 0 Å². The van der Waals surface area contributed by atoms with E-state index >= 15 is 0 Å². The SMILES string of the molecule is CCCCCOc1ccc(-c2ccc(/C=C/c3ccc(C4CCC(C)CC4)c(F)c3F)cc2)cc1F. The van der Waals surface area contributed by atoms with Crippen LogP contribution in [0.4, 0.5) is 13.2 Å². The molecule has 1 aliphatic rings.